The van der Waals surface area contributed by atoms with Gasteiger partial charge in [-0.15, -0.1) is 0 Å². The Morgan fingerprint density at radius 2 is 2.15 bits per heavy atom. The van der Waals surface area contributed by atoms with Gasteiger partial charge in [0.25, 0.3) is 0 Å². The summed E-state index contributed by atoms with van der Waals surface area (Å²) in [5.41, 5.74) is 8.03. The third kappa shape index (κ3) is 5.33. The van der Waals surface area contributed by atoms with Gasteiger partial charge in [-0.05, 0) is 30.5 Å². The molecule has 1 aromatic carbocycles. The molecule has 0 aromatic heterocycles. The summed E-state index contributed by atoms with van der Waals surface area (Å²) in [7, 11) is -0.924. The van der Waals surface area contributed by atoms with Gasteiger partial charge < -0.3 is 11.1 Å². The summed E-state index contributed by atoms with van der Waals surface area (Å²) in [5, 5.41) is 2.82. The predicted octanol–water partition coefficient (Wildman–Crippen LogP) is 2.70. The fraction of sp³-hybridized carbons (Fsp3) is 0.533. The molecule has 0 aliphatic heterocycles. The molecule has 0 fully saturated rings. The zero-order valence-electron chi connectivity index (χ0n) is 12.4. The van der Waals surface area contributed by atoms with Crippen LogP contribution in [-0.2, 0) is 15.6 Å². The summed E-state index contributed by atoms with van der Waals surface area (Å²) in [6.45, 7) is 6.03. The van der Waals surface area contributed by atoms with Crippen LogP contribution in [0.2, 0.25) is 0 Å². The Bertz CT molecular complexity index is 489. The smallest absolute Gasteiger partial charge is 0.225 e. The maximum Gasteiger partial charge on any atom is 0.225 e. The summed E-state index contributed by atoms with van der Waals surface area (Å²) in [6.07, 6.45) is 1.29. The third-order valence-corrected chi connectivity index (χ3v) is 4.97. The van der Waals surface area contributed by atoms with Crippen molar-refractivity contribution in [2.45, 2.75) is 33.6 Å². The van der Waals surface area contributed by atoms with E-state index in [0.29, 0.717) is 23.1 Å². The highest BCUT2D eigenvalue weighted by Crippen LogP contribution is 2.20. The first kappa shape index (κ1) is 16.7. The number of nitrogens with one attached hydrogen (secondary N) is 1. The second-order valence-corrected chi connectivity index (χ2v) is 6.76. The van der Waals surface area contributed by atoms with E-state index in [1.54, 1.807) is 12.1 Å². The summed E-state index contributed by atoms with van der Waals surface area (Å²) >= 11 is 0. The lowest BCUT2D eigenvalue weighted by Crippen LogP contribution is -2.18. The molecule has 0 aliphatic carbocycles. The first-order valence-electron chi connectivity index (χ1n) is 6.94. The largest absolute Gasteiger partial charge is 0.398 e. The van der Waals surface area contributed by atoms with E-state index in [1.165, 1.54) is 0 Å². The van der Waals surface area contributed by atoms with Crippen LogP contribution in [0.15, 0.2) is 18.2 Å². The third-order valence-electron chi connectivity index (χ3n) is 3.37. The van der Waals surface area contributed by atoms with Crippen LogP contribution in [0, 0.1) is 12.8 Å². The van der Waals surface area contributed by atoms with Crippen LogP contribution >= 0.6 is 0 Å². The van der Waals surface area contributed by atoms with Crippen molar-refractivity contribution in [1.29, 1.82) is 0 Å². The molecule has 4 nitrogen and oxygen atoms in total. The van der Waals surface area contributed by atoms with Gasteiger partial charge in [0.1, 0.15) is 0 Å². The highest BCUT2D eigenvalue weighted by molar-refractivity contribution is 7.85. The van der Waals surface area contributed by atoms with Gasteiger partial charge in [0.15, 0.2) is 0 Å². The van der Waals surface area contributed by atoms with Crippen molar-refractivity contribution in [2.75, 3.05) is 22.6 Å². The average Bonchev–Trinajstić information content (AvgIpc) is 2.41. The number of rotatable bonds is 7. The van der Waals surface area contributed by atoms with Crippen molar-refractivity contribution in [2.24, 2.45) is 5.92 Å². The zero-order valence-corrected chi connectivity index (χ0v) is 13.3. The number of nitrogen functional groups attached to an aromatic ring is 1. The molecule has 0 aliphatic rings. The number of hydrogen-bond acceptors (Lipinski definition) is 3. The van der Waals surface area contributed by atoms with Crippen molar-refractivity contribution in [1.82, 2.24) is 0 Å². The van der Waals surface area contributed by atoms with Crippen molar-refractivity contribution < 1.29 is 9.00 Å². The molecule has 0 radical (unpaired) electrons. The van der Waals surface area contributed by atoms with Crippen LogP contribution in [0.1, 0.15) is 32.3 Å². The molecule has 2 unspecified atom stereocenters. The van der Waals surface area contributed by atoms with Crippen molar-refractivity contribution in [3.05, 3.63) is 23.8 Å². The molecule has 0 saturated heterocycles. The molecule has 0 spiro atoms. The molecule has 5 heteroatoms. The maximum absolute atomic E-state index is 11.8. The lowest BCUT2D eigenvalue weighted by molar-refractivity contribution is -0.115. The van der Waals surface area contributed by atoms with E-state index in [-0.39, 0.29) is 12.3 Å². The highest BCUT2D eigenvalue weighted by Gasteiger charge is 2.10. The van der Waals surface area contributed by atoms with E-state index >= 15 is 0 Å². The summed E-state index contributed by atoms with van der Waals surface area (Å²) < 4.78 is 11.8. The van der Waals surface area contributed by atoms with Gasteiger partial charge in [-0.2, -0.15) is 0 Å². The first-order chi connectivity index (χ1) is 9.43. The van der Waals surface area contributed by atoms with Crippen LogP contribution in [0.5, 0.6) is 0 Å². The molecule has 1 aromatic rings. The van der Waals surface area contributed by atoms with Crippen molar-refractivity contribution in [3.8, 4) is 0 Å². The van der Waals surface area contributed by atoms with E-state index in [2.05, 4.69) is 19.2 Å². The second-order valence-electron chi connectivity index (χ2n) is 5.14. The Labute approximate surface area is 123 Å². The molecule has 0 bridgehead atoms. The first-order valence-corrected chi connectivity index (χ1v) is 8.42. The van der Waals surface area contributed by atoms with Gasteiger partial charge in [0.2, 0.25) is 5.91 Å². The Morgan fingerprint density at radius 3 is 2.80 bits per heavy atom. The number of nitrogens with two attached hydrogens (primary N) is 1. The molecule has 1 amide bonds. The predicted molar refractivity (Wildman–Crippen MR) is 86.2 cm³/mol. The van der Waals surface area contributed by atoms with Gasteiger partial charge in [-0.1, -0.05) is 26.3 Å². The fourth-order valence-electron chi connectivity index (χ4n) is 1.73. The highest BCUT2D eigenvalue weighted by atomic mass is 32.2. The number of carbonyl (C=O) groups is 1. The normalized spacial score (nSPS) is 13.8. The van der Waals surface area contributed by atoms with E-state index in [4.69, 9.17) is 5.73 Å². The van der Waals surface area contributed by atoms with Gasteiger partial charge >= 0.3 is 0 Å². The fourth-order valence-corrected chi connectivity index (χ4v) is 3.18. The van der Waals surface area contributed by atoms with Gasteiger partial charge in [-0.3, -0.25) is 9.00 Å². The lowest BCUT2D eigenvalue weighted by Gasteiger charge is -2.11. The monoisotopic (exact) mass is 296 g/mol. The maximum atomic E-state index is 11.8. The summed E-state index contributed by atoms with van der Waals surface area (Å²) in [4.78, 5) is 11.8. The Morgan fingerprint density at radius 1 is 1.45 bits per heavy atom. The molecule has 1 rings (SSSR count). The van der Waals surface area contributed by atoms with E-state index in [1.807, 2.05) is 13.0 Å². The Kier molecular flexibility index (Phi) is 6.71. The minimum atomic E-state index is -0.924. The number of carbonyl (C=O) groups excluding carboxylic acids is 1. The second kappa shape index (κ2) is 8.04. The minimum Gasteiger partial charge on any atom is -0.398 e. The topological polar surface area (TPSA) is 72.2 Å². The van der Waals surface area contributed by atoms with Crippen LogP contribution in [-0.4, -0.2) is 21.6 Å². The van der Waals surface area contributed by atoms with Crippen molar-refractivity contribution in [3.63, 3.8) is 0 Å². The SMILES string of the molecule is CCC(C)CS(=O)CCC(=O)Nc1cccc(N)c1C. The van der Waals surface area contributed by atoms with Crippen molar-refractivity contribution >= 4 is 28.1 Å². The standard InChI is InChI=1S/C15H24N2O2S/c1-4-11(2)10-20(19)9-8-15(18)17-14-7-5-6-13(16)12(14)3/h5-7,11H,4,8-10,16H2,1-3H3,(H,17,18). The van der Waals surface area contributed by atoms with E-state index in [0.717, 1.165) is 17.7 Å². The lowest BCUT2D eigenvalue weighted by atomic mass is 10.1. The molecule has 0 heterocycles. The Hall–Kier alpha value is -1.36. The molecular formula is C15H24N2O2S. The van der Waals surface area contributed by atoms with Gasteiger partial charge in [0.05, 0.1) is 0 Å². The number of anilines is 2. The Balaban J connectivity index is 2.44. The molecule has 20 heavy (non-hydrogen) atoms. The molecule has 112 valence electrons. The van der Waals surface area contributed by atoms with Crippen LogP contribution in [0.3, 0.4) is 0 Å². The number of benzene rings is 1. The molecular weight excluding hydrogens is 272 g/mol. The summed E-state index contributed by atoms with van der Waals surface area (Å²) in [5.74, 6) is 1.41. The number of amides is 1. The minimum absolute atomic E-state index is 0.115. The van der Waals surface area contributed by atoms with Crippen LogP contribution in [0.25, 0.3) is 0 Å². The van der Waals surface area contributed by atoms with Gasteiger partial charge in [0, 0.05) is 40.1 Å². The number of hydrogen-bond donors (Lipinski definition) is 2. The molecule has 2 atom stereocenters. The van der Waals surface area contributed by atoms with Crippen LogP contribution in [0.4, 0.5) is 11.4 Å². The quantitative estimate of drug-likeness (QED) is 0.760. The van der Waals surface area contributed by atoms with Crippen LogP contribution < -0.4 is 11.1 Å². The van der Waals surface area contributed by atoms with E-state index < -0.39 is 10.8 Å². The average molecular weight is 296 g/mol. The zero-order chi connectivity index (χ0) is 15.1. The molecule has 3 N–H and O–H groups in total. The van der Waals surface area contributed by atoms with E-state index in [9.17, 15) is 9.00 Å². The molecule has 0 saturated carbocycles. The van der Waals surface area contributed by atoms with Gasteiger partial charge in [-0.25, -0.2) is 0 Å². The summed E-state index contributed by atoms with van der Waals surface area (Å²) in [6, 6.07) is 5.42.